The van der Waals surface area contributed by atoms with Crippen molar-refractivity contribution in [2.45, 2.75) is 27.7 Å². The summed E-state index contributed by atoms with van der Waals surface area (Å²) in [6, 6.07) is 0. The first-order valence-corrected chi connectivity index (χ1v) is 4.97. The Morgan fingerprint density at radius 2 is 0.875 bits per heavy atom. The van der Waals surface area contributed by atoms with Crippen LogP contribution in [0.3, 0.4) is 0 Å². The van der Waals surface area contributed by atoms with Crippen molar-refractivity contribution >= 4 is 7.25 Å². The largest absolute Gasteiger partial charge is 1.00 e. The van der Waals surface area contributed by atoms with E-state index in [1.165, 1.54) is 30.7 Å². The third kappa shape index (κ3) is 18.2. The molecule has 0 aromatic rings. The van der Waals surface area contributed by atoms with E-state index in [1.54, 1.807) is 0 Å². The Kier molecular flexibility index (Phi) is 22.0. The molecule has 0 aliphatic rings. The monoisotopic (exact) mass is 335 g/mol. The van der Waals surface area contributed by atoms with Crippen LogP contribution in [0.15, 0.2) is 0 Å². The van der Waals surface area contributed by atoms with Gasteiger partial charge in [0.15, 0.2) is 0 Å². The molecular weight excluding hydrogens is 316 g/mol. The van der Waals surface area contributed by atoms with E-state index < -0.39 is 7.25 Å². The first-order valence-electron chi connectivity index (χ1n) is 4.97. The molecule has 96 valence electrons. The minimum Gasteiger partial charge on any atom is -1.00 e. The zero-order valence-electron chi connectivity index (χ0n) is 10.7. The van der Waals surface area contributed by atoms with Gasteiger partial charge in [-0.1, -0.05) is 0 Å². The molecule has 0 aliphatic carbocycles. The maximum Gasteiger partial charge on any atom is 1.00 e. The molecule has 0 bridgehead atoms. The van der Waals surface area contributed by atoms with Gasteiger partial charge in [0, 0.05) is 0 Å². The van der Waals surface area contributed by atoms with Crippen LogP contribution in [0, 0.1) is 0 Å². The van der Waals surface area contributed by atoms with Crippen molar-refractivity contribution in [1.82, 2.24) is 0 Å². The number of quaternary nitrogens is 1. The van der Waals surface area contributed by atoms with Gasteiger partial charge in [-0.05, 0) is 27.7 Å². The van der Waals surface area contributed by atoms with Gasteiger partial charge in [-0.3, -0.25) is 0 Å². The molecule has 0 fully saturated rings. The molecule has 0 saturated heterocycles. The van der Waals surface area contributed by atoms with Crippen LogP contribution in [0.25, 0.3) is 0 Å². The van der Waals surface area contributed by atoms with E-state index in [9.17, 15) is 17.3 Å². The van der Waals surface area contributed by atoms with Crippen molar-refractivity contribution < 1.29 is 90.1 Å². The number of rotatable bonds is 4. The number of nitrogens with zero attached hydrogens (tertiary/aromatic N) is 1. The van der Waals surface area contributed by atoms with Gasteiger partial charge in [0.2, 0.25) is 0 Å². The molecule has 8 heteroatoms. The van der Waals surface area contributed by atoms with E-state index in [0.29, 0.717) is 0 Å². The maximum absolute atomic E-state index is 9.75. The Labute approximate surface area is 149 Å². The molecular formula is C8H20BBrF4KN. The second-order valence-electron chi connectivity index (χ2n) is 3.10. The summed E-state index contributed by atoms with van der Waals surface area (Å²) in [5.74, 6) is 0. The molecule has 0 aromatic heterocycles. The van der Waals surface area contributed by atoms with Crippen molar-refractivity contribution in [1.29, 1.82) is 0 Å². The fraction of sp³-hybridized carbons (Fsp3) is 1.00. The molecule has 0 amide bonds. The molecule has 0 N–H and O–H groups in total. The van der Waals surface area contributed by atoms with Crippen LogP contribution in [-0.4, -0.2) is 37.9 Å². The second-order valence-corrected chi connectivity index (χ2v) is 3.10. The third-order valence-electron chi connectivity index (χ3n) is 2.68. The topological polar surface area (TPSA) is 0 Å². The normalized spacial score (nSPS) is 10.5. The number of hydrogen-bond acceptors (Lipinski definition) is 0. The van der Waals surface area contributed by atoms with E-state index in [1.807, 2.05) is 0 Å². The van der Waals surface area contributed by atoms with E-state index in [0.717, 1.165) is 0 Å². The van der Waals surface area contributed by atoms with Gasteiger partial charge in [-0.25, -0.2) is 0 Å². The molecule has 0 spiro atoms. The summed E-state index contributed by atoms with van der Waals surface area (Å²) in [6.45, 7) is 14.2. The fourth-order valence-electron chi connectivity index (χ4n) is 1.34. The van der Waals surface area contributed by atoms with Crippen molar-refractivity contribution in [2.24, 2.45) is 0 Å². The van der Waals surface area contributed by atoms with Crippen LogP contribution < -0.4 is 68.4 Å². The van der Waals surface area contributed by atoms with Crippen LogP contribution in [-0.2, 0) is 0 Å². The average molecular weight is 336 g/mol. The van der Waals surface area contributed by atoms with Gasteiger partial charge in [-0.2, -0.15) is 0 Å². The van der Waals surface area contributed by atoms with E-state index >= 15 is 0 Å². The summed E-state index contributed by atoms with van der Waals surface area (Å²) in [7, 11) is -6.00. The van der Waals surface area contributed by atoms with E-state index in [4.69, 9.17) is 0 Å². The Balaban J connectivity index is -0.0000000904. The summed E-state index contributed by atoms with van der Waals surface area (Å²) in [5.41, 5.74) is 0. The summed E-state index contributed by atoms with van der Waals surface area (Å²) in [6.07, 6.45) is 0. The van der Waals surface area contributed by atoms with Crippen LogP contribution in [0.2, 0.25) is 0 Å². The van der Waals surface area contributed by atoms with Gasteiger partial charge < -0.3 is 38.7 Å². The van der Waals surface area contributed by atoms with Crippen molar-refractivity contribution in [3.05, 3.63) is 0 Å². The van der Waals surface area contributed by atoms with Crippen LogP contribution in [0.5, 0.6) is 0 Å². The molecule has 0 atom stereocenters. The second kappa shape index (κ2) is 13.3. The van der Waals surface area contributed by atoms with Crippen molar-refractivity contribution in [2.75, 3.05) is 26.2 Å². The maximum atomic E-state index is 9.75. The smallest absolute Gasteiger partial charge is 1.00 e. The molecule has 0 saturated carbocycles. The first kappa shape index (κ1) is 26.4. The number of halogens is 5. The van der Waals surface area contributed by atoms with Gasteiger partial charge in [0.25, 0.3) is 0 Å². The van der Waals surface area contributed by atoms with Crippen LogP contribution in [0.1, 0.15) is 27.7 Å². The molecule has 16 heavy (non-hydrogen) atoms. The van der Waals surface area contributed by atoms with Crippen LogP contribution >= 0.6 is 0 Å². The Morgan fingerprint density at radius 3 is 0.875 bits per heavy atom. The number of hydrogen-bond donors (Lipinski definition) is 0. The Hall–Kier alpha value is 1.86. The van der Waals surface area contributed by atoms with Crippen molar-refractivity contribution in [3.63, 3.8) is 0 Å². The molecule has 0 aromatic carbocycles. The Bertz CT molecular complexity index is 121. The molecule has 0 rings (SSSR count). The Morgan fingerprint density at radius 1 is 0.750 bits per heavy atom. The van der Waals surface area contributed by atoms with Crippen LogP contribution in [0.4, 0.5) is 17.3 Å². The molecule has 0 radical (unpaired) electrons. The molecule has 0 unspecified atom stereocenters. The predicted octanol–water partition coefficient (Wildman–Crippen LogP) is -2.81. The van der Waals surface area contributed by atoms with Gasteiger partial charge >= 0.3 is 58.6 Å². The minimum absolute atomic E-state index is 0. The quantitative estimate of drug-likeness (QED) is 0.296. The molecule has 0 heterocycles. The van der Waals surface area contributed by atoms with Crippen molar-refractivity contribution in [3.8, 4) is 0 Å². The summed E-state index contributed by atoms with van der Waals surface area (Å²) < 4.78 is 40.3. The minimum atomic E-state index is -6.00. The third-order valence-corrected chi connectivity index (χ3v) is 2.68. The van der Waals surface area contributed by atoms with E-state index in [2.05, 4.69) is 27.7 Å². The van der Waals surface area contributed by atoms with Gasteiger partial charge in [0.1, 0.15) is 0 Å². The zero-order chi connectivity index (χ0) is 11.8. The van der Waals surface area contributed by atoms with Gasteiger partial charge in [0.05, 0.1) is 26.2 Å². The van der Waals surface area contributed by atoms with E-state index in [-0.39, 0.29) is 68.4 Å². The molecule has 1 nitrogen and oxygen atoms in total. The fourth-order valence-corrected chi connectivity index (χ4v) is 1.34. The summed E-state index contributed by atoms with van der Waals surface area (Å²) in [4.78, 5) is 0. The standard InChI is InChI=1S/C8H20N.BF4.BrH.K/c1-5-9(6-2,7-3)8-4;2-1(3,4)5;;/h5-8H2,1-4H3;;1H;/q+1;-1;;+1/p-1. The summed E-state index contributed by atoms with van der Waals surface area (Å²) >= 11 is 0. The predicted molar refractivity (Wildman–Crippen MR) is 52.6 cm³/mol. The summed E-state index contributed by atoms with van der Waals surface area (Å²) in [5, 5.41) is 0. The zero-order valence-corrected chi connectivity index (χ0v) is 15.5. The molecule has 0 aliphatic heterocycles. The first-order chi connectivity index (χ1) is 6.24. The SMILES string of the molecule is CC[N+](CC)(CC)CC.F[B-](F)(F)F.[Br-].[K+]. The van der Waals surface area contributed by atoms with Gasteiger partial charge in [-0.15, -0.1) is 0 Å². The average Bonchev–Trinajstić information content (AvgIpc) is 2.07.